The first-order valence-corrected chi connectivity index (χ1v) is 12.8. The van der Waals surface area contributed by atoms with E-state index in [1.165, 1.54) is 11.3 Å². The molecule has 0 bridgehead atoms. The highest BCUT2D eigenvalue weighted by molar-refractivity contribution is 7.71. The zero-order chi connectivity index (χ0) is 23.5. The Morgan fingerprint density at radius 1 is 1.00 bits per heavy atom. The lowest BCUT2D eigenvalue weighted by molar-refractivity contribution is 0.192. The quantitative estimate of drug-likeness (QED) is 0.383. The summed E-state index contributed by atoms with van der Waals surface area (Å²) in [5, 5.41) is 5.59. The first kappa shape index (κ1) is 23.4. The van der Waals surface area contributed by atoms with Gasteiger partial charge in [-0.25, -0.2) is 4.68 Å². The van der Waals surface area contributed by atoms with Gasteiger partial charge in [-0.2, -0.15) is 0 Å². The third-order valence-corrected chi connectivity index (χ3v) is 7.71. The van der Waals surface area contributed by atoms with Crippen molar-refractivity contribution in [1.82, 2.24) is 14.7 Å². The Bertz CT molecular complexity index is 1150. The Morgan fingerprint density at radius 2 is 1.71 bits per heavy atom. The van der Waals surface area contributed by atoms with Crippen molar-refractivity contribution in [3.63, 3.8) is 0 Å². The Balaban J connectivity index is 1.15. The van der Waals surface area contributed by atoms with Crippen LogP contribution < -0.4 is 9.64 Å². The SMILES string of the molecule is COc1cccc(N2CCN(Cn3nc(C4CCC(c5ccc(Cl)cc5)CC4)oc3=S)CC2)c1. The second-order valence-corrected chi connectivity index (χ2v) is 10.0. The first-order valence-electron chi connectivity index (χ1n) is 12.0. The Kier molecular flexibility index (Phi) is 7.23. The molecule has 0 spiro atoms. The van der Waals surface area contributed by atoms with Crippen LogP contribution in [0, 0.1) is 4.84 Å². The van der Waals surface area contributed by atoms with E-state index in [9.17, 15) is 0 Å². The monoisotopic (exact) mass is 498 g/mol. The highest BCUT2D eigenvalue weighted by atomic mass is 35.5. The van der Waals surface area contributed by atoms with Crippen LogP contribution in [0.3, 0.4) is 0 Å². The Labute approximate surface area is 211 Å². The Hall–Kier alpha value is -2.35. The van der Waals surface area contributed by atoms with Gasteiger partial charge in [0, 0.05) is 48.9 Å². The first-order chi connectivity index (χ1) is 16.6. The zero-order valence-electron chi connectivity index (χ0n) is 19.5. The minimum atomic E-state index is 0.344. The van der Waals surface area contributed by atoms with Crippen LogP contribution in [-0.4, -0.2) is 48.0 Å². The molecule has 0 N–H and O–H groups in total. The summed E-state index contributed by atoms with van der Waals surface area (Å²) in [6, 6.07) is 16.5. The molecule has 1 aliphatic carbocycles. The molecule has 0 amide bonds. The molecule has 0 atom stereocenters. The summed E-state index contributed by atoms with van der Waals surface area (Å²) in [7, 11) is 1.71. The van der Waals surface area contributed by atoms with Gasteiger partial charge in [-0.3, -0.25) is 4.90 Å². The van der Waals surface area contributed by atoms with Crippen LogP contribution in [0.2, 0.25) is 5.02 Å². The third kappa shape index (κ3) is 5.32. The van der Waals surface area contributed by atoms with Crippen LogP contribution in [0.25, 0.3) is 0 Å². The average molecular weight is 499 g/mol. The summed E-state index contributed by atoms with van der Waals surface area (Å²) in [4.78, 5) is 5.26. The summed E-state index contributed by atoms with van der Waals surface area (Å²) >= 11 is 11.6. The fraction of sp³-hybridized carbons (Fsp3) is 0.462. The van der Waals surface area contributed by atoms with E-state index in [0.29, 0.717) is 23.3 Å². The van der Waals surface area contributed by atoms with Crippen molar-refractivity contribution >= 4 is 29.5 Å². The maximum atomic E-state index is 6.04. The molecule has 180 valence electrons. The molecule has 8 heteroatoms. The number of benzene rings is 2. The molecule has 1 aliphatic heterocycles. The fourth-order valence-corrected chi connectivity index (χ4v) is 5.44. The molecule has 0 unspecified atom stereocenters. The molecule has 2 aliphatic rings. The highest BCUT2D eigenvalue weighted by Crippen LogP contribution is 2.40. The topological polar surface area (TPSA) is 46.7 Å². The number of methoxy groups -OCH3 is 1. The molecule has 6 nitrogen and oxygen atoms in total. The fourth-order valence-electron chi connectivity index (χ4n) is 5.13. The highest BCUT2D eigenvalue weighted by Gasteiger charge is 2.27. The third-order valence-electron chi connectivity index (χ3n) is 7.16. The molecular weight excluding hydrogens is 468 g/mol. The smallest absolute Gasteiger partial charge is 0.288 e. The maximum absolute atomic E-state index is 6.04. The van der Waals surface area contributed by atoms with Crippen molar-refractivity contribution < 1.29 is 9.15 Å². The van der Waals surface area contributed by atoms with Gasteiger partial charge in [0.1, 0.15) is 5.75 Å². The van der Waals surface area contributed by atoms with E-state index in [2.05, 4.69) is 34.1 Å². The van der Waals surface area contributed by atoms with Crippen LogP contribution in [0.15, 0.2) is 52.9 Å². The van der Waals surface area contributed by atoms with E-state index in [0.717, 1.165) is 68.5 Å². The van der Waals surface area contributed by atoms with Gasteiger partial charge in [0.15, 0.2) is 0 Å². The van der Waals surface area contributed by atoms with Crippen molar-refractivity contribution in [2.75, 3.05) is 38.2 Å². The number of ether oxygens (including phenoxy) is 1. The van der Waals surface area contributed by atoms with Crippen molar-refractivity contribution in [3.05, 3.63) is 69.8 Å². The number of piperazine rings is 1. The molecule has 0 radical (unpaired) electrons. The van der Waals surface area contributed by atoms with Crippen LogP contribution >= 0.6 is 23.8 Å². The van der Waals surface area contributed by atoms with Crippen molar-refractivity contribution in [1.29, 1.82) is 0 Å². The number of halogens is 1. The molecule has 3 aromatic rings. The molecule has 34 heavy (non-hydrogen) atoms. The number of rotatable bonds is 6. The zero-order valence-corrected chi connectivity index (χ0v) is 21.1. The van der Waals surface area contributed by atoms with Crippen LogP contribution in [0.1, 0.15) is 49.0 Å². The molecule has 2 fully saturated rings. The van der Waals surface area contributed by atoms with E-state index in [1.54, 1.807) is 7.11 Å². The van der Waals surface area contributed by atoms with E-state index in [-0.39, 0.29) is 0 Å². The normalized spacial score (nSPS) is 21.5. The largest absolute Gasteiger partial charge is 0.497 e. The standard InChI is InChI=1S/C26H31ClN4O2S/c1-32-24-4-2-3-23(17-24)30-15-13-29(14-16-30)18-31-26(34)33-25(28-31)21-7-5-19(6-8-21)20-9-11-22(27)12-10-20/h2-4,9-12,17,19,21H,5-8,13-16,18H2,1H3. The molecular formula is C26H31ClN4O2S. The van der Waals surface area contributed by atoms with E-state index >= 15 is 0 Å². The summed E-state index contributed by atoms with van der Waals surface area (Å²) in [5.74, 6) is 2.62. The van der Waals surface area contributed by atoms with Crippen molar-refractivity contribution in [3.8, 4) is 5.75 Å². The van der Waals surface area contributed by atoms with Crippen LogP contribution in [0.5, 0.6) is 5.75 Å². The van der Waals surface area contributed by atoms with Gasteiger partial charge in [-0.15, -0.1) is 5.10 Å². The lowest BCUT2D eigenvalue weighted by Crippen LogP contribution is -2.47. The predicted octanol–water partition coefficient (Wildman–Crippen LogP) is 6.09. The van der Waals surface area contributed by atoms with Gasteiger partial charge in [-0.05, 0) is 73.6 Å². The predicted molar refractivity (Wildman–Crippen MR) is 138 cm³/mol. The number of nitrogens with zero attached hydrogens (tertiary/aromatic N) is 4. The van der Waals surface area contributed by atoms with Crippen LogP contribution in [-0.2, 0) is 6.67 Å². The molecule has 1 saturated heterocycles. The van der Waals surface area contributed by atoms with Gasteiger partial charge in [0.25, 0.3) is 4.84 Å². The summed E-state index contributed by atoms with van der Waals surface area (Å²) in [6.45, 7) is 4.50. The molecule has 5 rings (SSSR count). The van der Waals surface area contributed by atoms with Crippen molar-refractivity contribution in [2.24, 2.45) is 0 Å². The number of anilines is 1. The lowest BCUT2D eigenvalue weighted by atomic mass is 9.79. The summed E-state index contributed by atoms with van der Waals surface area (Å²) < 4.78 is 13.2. The minimum absolute atomic E-state index is 0.344. The van der Waals surface area contributed by atoms with Gasteiger partial charge >= 0.3 is 0 Å². The summed E-state index contributed by atoms with van der Waals surface area (Å²) in [5.41, 5.74) is 2.58. The minimum Gasteiger partial charge on any atom is -0.497 e. The lowest BCUT2D eigenvalue weighted by Gasteiger charge is -2.35. The average Bonchev–Trinajstić information content (AvgIpc) is 3.25. The van der Waals surface area contributed by atoms with Gasteiger partial charge in [0.2, 0.25) is 5.89 Å². The van der Waals surface area contributed by atoms with Gasteiger partial charge in [-0.1, -0.05) is 29.8 Å². The van der Waals surface area contributed by atoms with E-state index in [1.807, 2.05) is 28.9 Å². The number of aromatic nitrogens is 2. The van der Waals surface area contributed by atoms with Crippen LogP contribution in [0.4, 0.5) is 5.69 Å². The Morgan fingerprint density at radius 3 is 2.41 bits per heavy atom. The maximum Gasteiger partial charge on any atom is 0.288 e. The van der Waals surface area contributed by atoms with Crippen molar-refractivity contribution in [2.45, 2.75) is 44.2 Å². The molecule has 2 aromatic carbocycles. The molecule has 1 saturated carbocycles. The van der Waals surface area contributed by atoms with Gasteiger partial charge < -0.3 is 14.1 Å². The molecule has 2 heterocycles. The summed E-state index contributed by atoms with van der Waals surface area (Å²) in [6.07, 6.45) is 4.41. The molecule has 1 aromatic heterocycles. The van der Waals surface area contributed by atoms with Gasteiger partial charge in [0.05, 0.1) is 13.8 Å². The van der Waals surface area contributed by atoms with E-state index in [4.69, 9.17) is 38.1 Å². The van der Waals surface area contributed by atoms with E-state index < -0.39 is 0 Å². The number of hydrogen-bond acceptors (Lipinski definition) is 6. The second kappa shape index (κ2) is 10.5. The second-order valence-electron chi connectivity index (χ2n) is 9.25. The number of hydrogen-bond donors (Lipinski definition) is 0.